The molecule has 3 nitrogen and oxygen atoms in total. The average Bonchev–Trinajstić information content (AvgIpc) is 2.77. The first-order valence-electron chi connectivity index (χ1n) is 9.98. The van der Waals surface area contributed by atoms with E-state index in [9.17, 15) is 0 Å². The van der Waals surface area contributed by atoms with Crippen molar-refractivity contribution in [2.24, 2.45) is 0 Å². The maximum Gasteiger partial charge on any atom is 0.261 e. The summed E-state index contributed by atoms with van der Waals surface area (Å²) in [6, 6.07) is 24.4. The fourth-order valence-corrected chi connectivity index (χ4v) is 3.25. The molecule has 0 amide bonds. The predicted molar refractivity (Wildman–Crippen MR) is 125 cm³/mol. The molecule has 0 unspecified atom stereocenters. The van der Waals surface area contributed by atoms with E-state index in [0.29, 0.717) is 11.8 Å². The van der Waals surface area contributed by atoms with Crippen molar-refractivity contribution in [1.29, 1.82) is 0 Å². The first-order chi connectivity index (χ1) is 14.3. The van der Waals surface area contributed by atoms with E-state index in [2.05, 4.69) is 46.7 Å². The van der Waals surface area contributed by atoms with E-state index in [4.69, 9.17) is 17.0 Å². The number of benzene rings is 2. The minimum Gasteiger partial charge on any atom is -0.471 e. The number of nitrogens with one attached hydrogen (secondary N) is 1. The Kier molecular flexibility index (Phi) is 8.42. The van der Waals surface area contributed by atoms with Crippen LogP contribution in [-0.2, 0) is 4.74 Å². The monoisotopic (exact) mass is 402 g/mol. The molecule has 0 spiro atoms. The van der Waals surface area contributed by atoms with Gasteiger partial charge in [0.05, 0.1) is 6.61 Å². The Bertz CT molecular complexity index is 854. The lowest BCUT2D eigenvalue weighted by atomic mass is 9.97. The molecule has 4 heteroatoms. The molecule has 2 aromatic carbocycles. The molecule has 1 N–H and O–H groups in total. The molecule has 0 aliphatic carbocycles. The minimum atomic E-state index is 0.430. The van der Waals surface area contributed by atoms with Crippen molar-refractivity contribution in [2.75, 3.05) is 11.9 Å². The van der Waals surface area contributed by atoms with Crippen LogP contribution in [0, 0.1) is 0 Å². The summed E-state index contributed by atoms with van der Waals surface area (Å²) in [4.78, 5) is 4.27. The summed E-state index contributed by atoms with van der Waals surface area (Å²) in [6.07, 6.45) is 10.3. The number of para-hydroxylation sites is 1. The first kappa shape index (κ1) is 20.7. The van der Waals surface area contributed by atoms with Crippen molar-refractivity contribution < 1.29 is 4.74 Å². The van der Waals surface area contributed by atoms with Gasteiger partial charge in [-0.05, 0) is 67.2 Å². The van der Waals surface area contributed by atoms with Crippen LogP contribution in [0.15, 0.2) is 91.3 Å². The number of rotatable bonds is 9. The van der Waals surface area contributed by atoms with E-state index < -0.39 is 0 Å². The number of anilines is 1. The van der Waals surface area contributed by atoms with Crippen LogP contribution in [0.2, 0.25) is 0 Å². The van der Waals surface area contributed by atoms with E-state index in [-0.39, 0.29) is 0 Å². The fraction of sp³-hybridized carbons (Fsp3) is 0.200. The third-order valence-corrected chi connectivity index (χ3v) is 4.73. The van der Waals surface area contributed by atoms with Crippen LogP contribution >= 0.6 is 12.2 Å². The summed E-state index contributed by atoms with van der Waals surface area (Å²) in [5.74, 6) is 0. The molecule has 148 valence electrons. The van der Waals surface area contributed by atoms with Crippen molar-refractivity contribution in [1.82, 2.24) is 4.98 Å². The average molecular weight is 403 g/mol. The van der Waals surface area contributed by atoms with Gasteiger partial charge in [0.1, 0.15) is 0 Å². The second-order valence-corrected chi connectivity index (χ2v) is 7.07. The fourth-order valence-electron chi connectivity index (χ4n) is 3.05. The molecule has 1 aromatic heterocycles. The van der Waals surface area contributed by atoms with Gasteiger partial charge in [0, 0.05) is 23.6 Å². The second kappa shape index (κ2) is 11.8. The Hall–Kier alpha value is -2.98. The number of hydrogen-bond donors (Lipinski definition) is 1. The Morgan fingerprint density at radius 2 is 1.59 bits per heavy atom. The van der Waals surface area contributed by atoms with Crippen molar-refractivity contribution in [3.05, 3.63) is 102 Å². The number of pyridine rings is 1. The van der Waals surface area contributed by atoms with Crippen molar-refractivity contribution in [2.45, 2.75) is 25.7 Å². The highest BCUT2D eigenvalue weighted by molar-refractivity contribution is 7.80. The molecule has 1 heterocycles. The van der Waals surface area contributed by atoms with Gasteiger partial charge < -0.3 is 10.1 Å². The number of unbranched alkanes of at least 4 members (excludes halogenated alkanes) is 3. The van der Waals surface area contributed by atoms with Crippen LogP contribution in [-0.4, -0.2) is 16.8 Å². The van der Waals surface area contributed by atoms with Gasteiger partial charge in [0.15, 0.2) is 0 Å². The maximum absolute atomic E-state index is 5.61. The Balaban J connectivity index is 1.42. The van der Waals surface area contributed by atoms with Crippen molar-refractivity contribution in [3.63, 3.8) is 0 Å². The normalized spacial score (nSPS) is 11.1. The van der Waals surface area contributed by atoms with Crippen LogP contribution in [0.3, 0.4) is 0 Å². The molecule has 3 rings (SSSR count). The number of nitrogens with zero attached hydrogens (tertiary/aromatic N) is 1. The number of allylic oxidation sites excluding steroid dienone is 1. The molecule has 3 aromatic rings. The van der Waals surface area contributed by atoms with E-state index in [1.54, 1.807) is 0 Å². The third kappa shape index (κ3) is 7.16. The molecule has 29 heavy (non-hydrogen) atoms. The maximum atomic E-state index is 5.61. The largest absolute Gasteiger partial charge is 0.471 e. The SMILES string of the molecule is S=C(Nc1ccccc1)OCCCCCC=C(c1ccccc1)c1cccnc1. The Labute approximate surface area is 178 Å². The second-order valence-electron chi connectivity index (χ2n) is 6.70. The topological polar surface area (TPSA) is 34.1 Å². The lowest BCUT2D eigenvalue weighted by Gasteiger charge is -2.10. The summed E-state index contributed by atoms with van der Waals surface area (Å²) in [6.45, 7) is 0.635. The molecular formula is C25H26N2OS. The van der Waals surface area contributed by atoms with Crippen LogP contribution in [0.4, 0.5) is 5.69 Å². The third-order valence-electron chi connectivity index (χ3n) is 4.51. The molecule has 0 saturated carbocycles. The molecular weight excluding hydrogens is 376 g/mol. The highest BCUT2D eigenvalue weighted by Crippen LogP contribution is 2.23. The van der Waals surface area contributed by atoms with Gasteiger partial charge in [-0.25, -0.2) is 0 Å². The van der Waals surface area contributed by atoms with E-state index in [0.717, 1.165) is 36.9 Å². The van der Waals surface area contributed by atoms with Crippen LogP contribution in [0.1, 0.15) is 36.8 Å². The smallest absolute Gasteiger partial charge is 0.261 e. The van der Waals surface area contributed by atoms with Crippen LogP contribution < -0.4 is 5.32 Å². The predicted octanol–water partition coefficient (Wildman–Crippen LogP) is 6.49. The van der Waals surface area contributed by atoms with Gasteiger partial charge in [-0.1, -0.05) is 60.7 Å². The van der Waals surface area contributed by atoms with Gasteiger partial charge in [-0.2, -0.15) is 0 Å². The Morgan fingerprint density at radius 1 is 0.862 bits per heavy atom. The van der Waals surface area contributed by atoms with E-state index in [1.165, 1.54) is 11.1 Å². The molecule has 0 radical (unpaired) electrons. The lowest BCUT2D eigenvalue weighted by Crippen LogP contribution is -2.13. The van der Waals surface area contributed by atoms with Gasteiger partial charge in [0.25, 0.3) is 5.17 Å². The van der Waals surface area contributed by atoms with E-state index in [1.807, 2.05) is 54.9 Å². The lowest BCUT2D eigenvalue weighted by molar-refractivity contribution is 0.300. The van der Waals surface area contributed by atoms with E-state index >= 15 is 0 Å². The quantitative estimate of drug-likeness (QED) is 0.328. The standard InChI is InChI=1S/C25H26N2OS/c29-25(27-23-15-7-4-8-16-23)28-19-10-2-1-9-17-24(21-12-5-3-6-13-21)22-14-11-18-26-20-22/h3-8,11-18,20H,1-2,9-10,19H2,(H,27,29). The van der Waals surface area contributed by atoms with Gasteiger partial charge >= 0.3 is 0 Å². The van der Waals surface area contributed by atoms with Crippen molar-refractivity contribution >= 4 is 28.7 Å². The summed E-state index contributed by atoms with van der Waals surface area (Å²) < 4.78 is 5.61. The highest BCUT2D eigenvalue weighted by atomic mass is 32.1. The number of thiocarbonyl (C=S) groups is 1. The summed E-state index contributed by atoms with van der Waals surface area (Å²) >= 11 is 5.23. The molecule has 0 aliphatic heterocycles. The zero-order chi connectivity index (χ0) is 20.2. The number of hydrogen-bond acceptors (Lipinski definition) is 3. The van der Waals surface area contributed by atoms with Gasteiger partial charge in [0.2, 0.25) is 0 Å². The zero-order valence-corrected chi connectivity index (χ0v) is 17.3. The molecule has 0 aliphatic rings. The number of ether oxygens (including phenoxy) is 1. The van der Waals surface area contributed by atoms with Crippen molar-refractivity contribution in [3.8, 4) is 0 Å². The molecule has 0 fully saturated rings. The highest BCUT2D eigenvalue weighted by Gasteiger charge is 2.04. The van der Waals surface area contributed by atoms with Crippen LogP contribution in [0.25, 0.3) is 5.57 Å². The summed E-state index contributed by atoms with van der Waals surface area (Å²) in [5.41, 5.74) is 4.57. The molecule has 0 bridgehead atoms. The molecule has 0 atom stereocenters. The number of aromatic nitrogens is 1. The first-order valence-corrected chi connectivity index (χ1v) is 10.4. The Morgan fingerprint density at radius 3 is 2.31 bits per heavy atom. The molecule has 0 saturated heterocycles. The minimum absolute atomic E-state index is 0.430. The van der Waals surface area contributed by atoms with Gasteiger partial charge in [-0.15, -0.1) is 0 Å². The summed E-state index contributed by atoms with van der Waals surface area (Å²) in [5, 5.41) is 3.52. The van der Waals surface area contributed by atoms with Crippen LogP contribution in [0.5, 0.6) is 0 Å². The van der Waals surface area contributed by atoms with Gasteiger partial charge in [-0.3, -0.25) is 4.98 Å². The summed E-state index contributed by atoms with van der Waals surface area (Å²) in [7, 11) is 0. The zero-order valence-electron chi connectivity index (χ0n) is 16.5.